The van der Waals surface area contributed by atoms with Crippen LogP contribution in [0.4, 0.5) is 0 Å². The second-order valence-electron chi connectivity index (χ2n) is 5.49. The molecule has 0 saturated heterocycles. The van der Waals surface area contributed by atoms with Gasteiger partial charge < -0.3 is 30.6 Å². The van der Waals surface area contributed by atoms with Crippen molar-refractivity contribution in [3.8, 4) is 0 Å². The summed E-state index contributed by atoms with van der Waals surface area (Å²) in [6.07, 6.45) is -8.24. The molecule has 1 unspecified atom stereocenters. The van der Waals surface area contributed by atoms with E-state index in [2.05, 4.69) is 0 Å². The van der Waals surface area contributed by atoms with Crippen LogP contribution in [-0.4, -0.2) is 61.7 Å². The molecule has 0 radical (unpaired) electrons. The fourth-order valence-corrected chi connectivity index (χ4v) is 2.00. The van der Waals surface area contributed by atoms with Crippen molar-refractivity contribution < 1.29 is 30.6 Å². The normalized spacial score (nSPS) is 19.1. The van der Waals surface area contributed by atoms with Crippen LogP contribution in [0.3, 0.4) is 0 Å². The van der Waals surface area contributed by atoms with E-state index in [4.69, 9.17) is 5.11 Å². The molecule has 0 heterocycles. The molecule has 1 aromatic rings. The van der Waals surface area contributed by atoms with Gasteiger partial charge in [0.1, 0.15) is 30.5 Å². The maximum Gasteiger partial charge on any atom is 0.113 e. The van der Waals surface area contributed by atoms with Crippen molar-refractivity contribution in [2.24, 2.45) is 0 Å². The average Bonchev–Trinajstić information content (AvgIpc) is 2.51. The van der Waals surface area contributed by atoms with Crippen LogP contribution in [0.15, 0.2) is 24.3 Å². The molecule has 6 heteroatoms. The molecule has 6 nitrogen and oxygen atoms in total. The first kappa shape index (κ1) is 18.0. The number of benzene rings is 1. The van der Waals surface area contributed by atoms with E-state index in [-0.39, 0.29) is 0 Å². The van der Waals surface area contributed by atoms with Gasteiger partial charge in [-0.1, -0.05) is 38.1 Å². The zero-order valence-electron chi connectivity index (χ0n) is 12.2. The highest BCUT2D eigenvalue weighted by atomic mass is 16.4. The molecule has 21 heavy (non-hydrogen) atoms. The summed E-state index contributed by atoms with van der Waals surface area (Å²) in [6.45, 7) is 3.29. The SMILES string of the molecule is CC(C)c1ccc(C(O)[C@H](O)[C@@H](O)[C@H](O)[C@H](O)CO)cc1. The van der Waals surface area contributed by atoms with Gasteiger partial charge in [0.25, 0.3) is 0 Å². The zero-order chi connectivity index (χ0) is 16.2. The molecule has 0 aromatic heterocycles. The Morgan fingerprint density at radius 2 is 1.24 bits per heavy atom. The van der Waals surface area contributed by atoms with Gasteiger partial charge in [-0.15, -0.1) is 0 Å². The smallest absolute Gasteiger partial charge is 0.113 e. The number of hydrogen-bond donors (Lipinski definition) is 6. The number of rotatable bonds is 7. The number of aliphatic hydroxyl groups excluding tert-OH is 6. The first-order valence-electron chi connectivity index (χ1n) is 6.90. The standard InChI is InChI=1S/C15H24O6/c1-8(2)9-3-5-10(6-4-9)12(18)14(20)15(21)13(19)11(17)7-16/h3-6,8,11-21H,7H2,1-2H3/t11-,12?,13-,14+,15+/m1/s1. The van der Waals surface area contributed by atoms with Crippen molar-refractivity contribution in [1.82, 2.24) is 0 Å². The number of hydrogen-bond acceptors (Lipinski definition) is 6. The van der Waals surface area contributed by atoms with Crippen LogP contribution in [0.2, 0.25) is 0 Å². The summed E-state index contributed by atoms with van der Waals surface area (Å²) in [6, 6.07) is 6.87. The molecule has 0 aliphatic heterocycles. The first-order valence-corrected chi connectivity index (χ1v) is 6.90. The van der Waals surface area contributed by atoms with Crippen molar-refractivity contribution in [3.05, 3.63) is 35.4 Å². The Morgan fingerprint density at radius 3 is 1.67 bits per heavy atom. The van der Waals surface area contributed by atoms with Crippen LogP contribution < -0.4 is 0 Å². The van der Waals surface area contributed by atoms with Gasteiger partial charge in [-0.05, 0) is 17.0 Å². The predicted molar refractivity (Wildman–Crippen MR) is 76.6 cm³/mol. The lowest BCUT2D eigenvalue weighted by Gasteiger charge is -2.28. The summed E-state index contributed by atoms with van der Waals surface area (Å²) in [7, 11) is 0. The first-order chi connectivity index (χ1) is 9.79. The molecule has 0 spiro atoms. The van der Waals surface area contributed by atoms with Crippen molar-refractivity contribution in [2.45, 2.75) is 50.3 Å². The van der Waals surface area contributed by atoms with E-state index in [0.717, 1.165) is 5.56 Å². The minimum atomic E-state index is -1.79. The van der Waals surface area contributed by atoms with E-state index < -0.39 is 37.1 Å². The molecule has 0 saturated carbocycles. The molecule has 1 aromatic carbocycles. The van der Waals surface area contributed by atoms with Gasteiger partial charge in [0.05, 0.1) is 6.61 Å². The van der Waals surface area contributed by atoms with E-state index >= 15 is 0 Å². The Morgan fingerprint density at radius 1 is 0.762 bits per heavy atom. The highest BCUT2D eigenvalue weighted by Crippen LogP contribution is 2.23. The maximum absolute atomic E-state index is 10.0. The lowest BCUT2D eigenvalue weighted by Crippen LogP contribution is -2.47. The van der Waals surface area contributed by atoms with Crippen LogP contribution in [0.1, 0.15) is 37.0 Å². The van der Waals surface area contributed by atoms with Crippen LogP contribution in [-0.2, 0) is 0 Å². The average molecular weight is 300 g/mol. The molecule has 6 N–H and O–H groups in total. The van der Waals surface area contributed by atoms with E-state index in [1.54, 1.807) is 24.3 Å². The second-order valence-corrected chi connectivity index (χ2v) is 5.49. The molecule has 120 valence electrons. The van der Waals surface area contributed by atoms with Gasteiger partial charge in [0, 0.05) is 0 Å². The quantitative estimate of drug-likeness (QED) is 0.395. The van der Waals surface area contributed by atoms with Crippen LogP contribution in [0.5, 0.6) is 0 Å². The fraction of sp³-hybridized carbons (Fsp3) is 0.600. The van der Waals surface area contributed by atoms with Gasteiger partial charge in [-0.3, -0.25) is 0 Å². The summed E-state index contributed by atoms with van der Waals surface area (Å²) in [5, 5.41) is 57.1. The monoisotopic (exact) mass is 300 g/mol. The van der Waals surface area contributed by atoms with Crippen LogP contribution in [0.25, 0.3) is 0 Å². The molecule has 0 amide bonds. The molecular formula is C15H24O6. The second kappa shape index (κ2) is 7.84. The molecule has 0 aliphatic rings. The van der Waals surface area contributed by atoms with Gasteiger partial charge in [-0.25, -0.2) is 0 Å². The maximum atomic E-state index is 10.0. The third-order valence-electron chi connectivity index (χ3n) is 3.55. The molecular weight excluding hydrogens is 276 g/mol. The molecule has 0 bridgehead atoms. The summed E-state index contributed by atoms with van der Waals surface area (Å²) in [4.78, 5) is 0. The highest BCUT2D eigenvalue weighted by molar-refractivity contribution is 5.26. The van der Waals surface area contributed by atoms with E-state index in [1.165, 1.54) is 0 Å². The van der Waals surface area contributed by atoms with Gasteiger partial charge in [-0.2, -0.15) is 0 Å². The van der Waals surface area contributed by atoms with E-state index in [1.807, 2.05) is 13.8 Å². The third-order valence-corrected chi connectivity index (χ3v) is 3.55. The van der Waals surface area contributed by atoms with Crippen LogP contribution in [0, 0.1) is 0 Å². The van der Waals surface area contributed by atoms with Crippen molar-refractivity contribution in [3.63, 3.8) is 0 Å². The topological polar surface area (TPSA) is 121 Å². The Labute approximate surface area is 123 Å². The third kappa shape index (κ3) is 4.47. The largest absolute Gasteiger partial charge is 0.394 e. The van der Waals surface area contributed by atoms with Crippen molar-refractivity contribution in [1.29, 1.82) is 0 Å². The van der Waals surface area contributed by atoms with Crippen LogP contribution >= 0.6 is 0 Å². The highest BCUT2D eigenvalue weighted by Gasteiger charge is 2.34. The lowest BCUT2D eigenvalue weighted by molar-refractivity contribution is -0.141. The van der Waals surface area contributed by atoms with Crippen molar-refractivity contribution in [2.75, 3.05) is 6.61 Å². The summed E-state index contributed by atoms with van der Waals surface area (Å²) < 4.78 is 0. The Balaban J connectivity index is 2.79. The van der Waals surface area contributed by atoms with Gasteiger partial charge in [0.15, 0.2) is 0 Å². The Hall–Kier alpha value is -1.02. The molecule has 5 atom stereocenters. The Bertz CT molecular complexity index is 419. The van der Waals surface area contributed by atoms with Crippen molar-refractivity contribution >= 4 is 0 Å². The van der Waals surface area contributed by atoms with E-state index in [0.29, 0.717) is 11.5 Å². The lowest BCUT2D eigenvalue weighted by atomic mass is 9.93. The van der Waals surface area contributed by atoms with Gasteiger partial charge in [0.2, 0.25) is 0 Å². The minimum Gasteiger partial charge on any atom is -0.394 e. The number of aliphatic hydroxyl groups is 6. The molecule has 1 rings (SSSR count). The Kier molecular flexibility index (Phi) is 6.73. The van der Waals surface area contributed by atoms with E-state index in [9.17, 15) is 25.5 Å². The zero-order valence-corrected chi connectivity index (χ0v) is 12.2. The summed E-state index contributed by atoms with van der Waals surface area (Å²) >= 11 is 0. The van der Waals surface area contributed by atoms with Gasteiger partial charge >= 0.3 is 0 Å². The predicted octanol–water partition coefficient (Wildman–Crippen LogP) is -0.721. The minimum absolute atomic E-state index is 0.327. The fourth-order valence-electron chi connectivity index (χ4n) is 2.00. The molecule has 0 fully saturated rings. The summed E-state index contributed by atoms with van der Waals surface area (Å²) in [5.74, 6) is 0.327. The molecule has 0 aliphatic carbocycles. The summed E-state index contributed by atoms with van der Waals surface area (Å²) in [5.41, 5.74) is 1.45.